The van der Waals surface area contributed by atoms with Crippen LogP contribution in [-0.4, -0.2) is 16.3 Å². The molecule has 0 amide bonds. The van der Waals surface area contributed by atoms with Gasteiger partial charge in [0, 0.05) is 19.3 Å². The highest BCUT2D eigenvalue weighted by Gasteiger charge is 1.97. The van der Waals surface area contributed by atoms with Gasteiger partial charge in [0.2, 0.25) is 0 Å². The van der Waals surface area contributed by atoms with E-state index < -0.39 is 0 Å². The van der Waals surface area contributed by atoms with Gasteiger partial charge in [-0.05, 0) is 25.5 Å². The van der Waals surface area contributed by atoms with E-state index in [1.54, 1.807) is 0 Å². The maximum atomic E-state index is 4.38. The molecule has 1 rings (SSSR count). The zero-order valence-corrected chi connectivity index (χ0v) is 9.97. The number of nitrogens with one attached hydrogen (secondary N) is 1. The SMILES string of the molecule is CCn1ccc(CNCC(C)C)n1.Cl. The Morgan fingerprint density at radius 2 is 2.21 bits per heavy atom. The van der Waals surface area contributed by atoms with Gasteiger partial charge in [-0.3, -0.25) is 4.68 Å². The number of aromatic nitrogens is 2. The van der Waals surface area contributed by atoms with Crippen molar-refractivity contribution < 1.29 is 0 Å². The van der Waals surface area contributed by atoms with Crippen LogP contribution in [0.4, 0.5) is 0 Å². The lowest BCUT2D eigenvalue weighted by molar-refractivity contribution is 0.542. The monoisotopic (exact) mass is 217 g/mol. The van der Waals surface area contributed by atoms with E-state index in [-0.39, 0.29) is 12.4 Å². The van der Waals surface area contributed by atoms with Gasteiger partial charge in [-0.2, -0.15) is 5.10 Å². The van der Waals surface area contributed by atoms with Crippen molar-refractivity contribution in [3.63, 3.8) is 0 Å². The third kappa shape index (κ3) is 4.63. The Balaban J connectivity index is 0.00000169. The fourth-order valence-electron chi connectivity index (χ4n) is 1.16. The van der Waals surface area contributed by atoms with E-state index in [4.69, 9.17) is 0 Å². The molecule has 4 heteroatoms. The summed E-state index contributed by atoms with van der Waals surface area (Å²) in [6.45, 7) is 9.39. The van der Waals surface area contributed by atoms with Gasteiger partial charge in [0.1, 0.15) is 0 Å². The topological polar surface area (TPSA) is 29.9 Å². The number of halogens is 1. The summed E-state index contributed by atoms with van der Waals surface area (Å²) in [5, 5.41) is 7.74. The lowest BCUT2D eigenvalue weighted by atomic mass is 10.2. The summed E-state index contributed by atoms with van der Waals surface area (Å²) in [7, 11) is 0. The fourth-order valence-corrected chi connectivity index (χ4v) is 1.16. The van der Waals surface area contributed by atoms with Crippen LogP contribution in [0.1, 0.15) is 26.5 Å². The highest BCUT2D eigenvalue weighted by Crippen LogP contribution is 1.95. The van der Waals surface area contributed by atoms with Gasteiger partial charge in [0.15, 0.2) is 0 Å². The lowest BCUT2D eigenvalue weighted by Gasteiger charge is -2.04. The maximum absolute atomic E-state index is 4.38. The number of nitrogens with zero attached hydrogens (tertiary/aromatic N) is 2. The Kier molecular flexibility index (Phi) is 6.58. The molecule has 0 fully saturated rings. The summed E-state index contributed by atoms with van der Waals surface area (Å²) in [4.78, 5) is 0. The minimum absolute atomic E-state index is 0. The molecule has 0 saturated carbocycles. The zero-order valence-electron chi connectivity index (χ0n) is 9.16. The number of rotatable bonds is 5. The molecule has 0 aliphatic heterocycles. The van der Waals surface area contributed by atoms with Crippen molar-refractivity contribution in [3.05, 3.63) is 18.0 Å². The fraction of sp³-hybridized carbons (Fsp3) is 0.700. The van der Waals surface area contributed by atoms with Crippen molar-refractivity contribution in [3.8, 4) is 0 Å². The molecular weight excluding hydrogens is 198 g/mol. The van der Waals surface area contributed by atoms with E-state index >= 15 is 0 Å². The molecular formula is C10H20ClN3. The van der Waals surface area contributed by atoms with Gasteiger partial charge in [-0.15, -0.1) is 12.4 Å². The van der Waals surface area contributed by atoms with Crippen LogP contribution in [0.15, 0.2) is 12.3 Å². The first-order valence-corrected chi connectivity index (χ1v) is 4.95. The van der Waals surface area contributed by atoms with E-state index in [1.807, 2.05) is 10.9 Å². The quantitative estimate of drug-likeness (QED) is 0.819. The maximum Gasteiger partial charge on any atom is 0.0762 e. The smallest absolute Gasteiger partial charge is 0.0762 e. The summed E-state index contributed by atoms with van der Waals surface area (Å²) < 4.78 is 1.95. The van der Waals surface area contributed by atoms with Crippen LogP contribution in [0.3, 0.4) is 0 Å². The van der Waals surface area contributed by atoms with Crippen LogP contribution in [-0.2, 0) is 13.1 Å². The molecule has 0 atom stereocenters. The first kappa shape index (κ1) is 13.5. The molecule has 0 bridgehead atoms. The molecule has 14 heavy (non-hydrogen) atoms. The lowest BCUT2D eigenvalue weighted by Crippen LogP contribution is -2.19. The van der Waals surface area contributed by atoms with Gasteiger partial charge in [0.05, 0.1) is 5.69 Å². The van der Waals surface area contributed by atoms with Crippen molar-refractivity contribution in [1.29, 1.82) is 0 Å². The Bertz CT molecular complexity index is 245. The minimum Gasteiger partial charge on any atom is -0.311 e. The molecule has 0 spiro atoms. The second-order valence-electron chi connectivity index (χ2n) is 3.69. The molecule has 1 heterocycles. The molecule has 1 N–H and O–H groups in total. The Morgan fingerprint density at radius 3 is 2.71 bits per heavy atom. The zero-order chi connectivity index (χ0) is 9.68. The number of hydrogen-bond donors (Lipinski definition) is 1. The minimum atomic E-state index is 0. The normalized spacial score (nSPS) is 10.3. The summed E-state index contributed by atoms with van der Waals surface area (Å²) in [6.07, 6.45) is 2.02. The van der Waals surface area contributed by atoms with Crippen molar-refractivity contribution >= 4 is 12.4 Å². The molecule has 0 aliphatic carbocycles. The number of aryl methyl sites for hydroxylation is 1. The molecule has 1 aromatic rings. The highest BCUT2D eigenvalue weighted by molar-refractivity contribution is 5.85. The van der Waals surface area contributed by atoms with Crippen molar-refractivity contribution in [1.82, 2.24) is 15.1 Å². The van der Waals surface area contributed by atoms with Crippen molar-refractivity contribution in [2.45, 2.75) is 33.9 Å². The third-order valence-corrected chi connectivity index (χ3v) is 1.88. The molecule has 0 radical (unpaired) electrons. The van der Waals surface area contributed by atoms with Gasteiger partial charge >= 0.3 is 0 Å². The summed E-state index contributed by atoms with van der Waals surface area (Å²) in [5.74, 6) is 0.702. The molecule has 0 aromatic carbocycles. The van der Waals surface area contributed by atoms with E-state index in [9.17, 15) is 0 Å². The second-order valence-corrected chi connectivity index (χ2v) is 3.69. The van der Waals surface area contributed by atoms with Crippen LogP contribution in [0.2, 0.25) is 0 Å². The van der Waals surface area contributed by atoms with E-state index in [2.05, 4.69) is 37.3 Å². The summed E-state index contributed by atoms with van der Waals surface area (Å²) in [5.41, 5.74) is 1.13. The molecule has 82 valence electrons. The Morgan fingerprint density at radius 1 is 1.50 bits per heavy atom. The number of hydrogen-bond acceptors (Lipinski definition) is 2. The van der Waals surface area contributed by atoms with E-state index in [1.165, 1.54) is 0 Å². The molecule has 0 unspecified atom stereocenters. The van der Waals surface area contributed by atoms with Crippen LogP contribution >= 0.6 is 12.4 Å². The van der Waals surface area contributed by atoms with Crippen LogP contribution in [0.5, 0.6) is 0 Å². The standard InChI is InChI=1S/C10H19N3.ClH/c1-4-13-6-5-10(12-13)8-11-7-9(2)3;/h5-6,9,11H,4,7-8H2,1-3H3;1H. The average Bonchev–Trinajstić information content (AvgIpc) is 2.52. The summed E-state index contributed by atoms with van der Waals surface area (Å²) in [6, 6.07) is 2.07. The first-order chi connectivity index (χ1) is 6.22. The second kappa shape index (κ2) is 6.85. The van der Waals surface area contributed by atoms with Crippen molar-refractivity contribution in [2.24, 2.45) is 5.92 Å². The van der Waals surface area contributed by atoms with E-state index in [0.717, 1.165) is 25.3 Å². The third-order valence-electron chi connectivity index (χ3n) is 1.88. The van der Waals surface area contributed by atoms with Gasteiger partial charge in [-0.25, -0.2) is 0 Å². The Labute approximate surface area is 92.3 Å². The van der Waals surface area contributed by atoms with E-state index in [0.29, 0.717) is 5.92 Å². The van der Waals surface area contributed by atoms with Crippen molar-refractivity contribution in [2.75, 3.05) is 6.54 Å². The summed E-state index contributed by atoms with van der Waals surface area (Å²) >= 11 is 0. The van der Waals surface area contributed by atoms with Gasteiger partial charge in [0.25, 0.3) is 0 Å². The molecule has 1 aromatic heterocycles. The average molecular weight is 218 g/mol. The highest BCUT2D eigenvalue weighted by atomic mass is 35.5. The van der Waals surface area contributed by atoms with Crippen LogP contribution in [0.25, 0.3) is 0 Å². The predicted octanol–water partition coefficient (Wildman–Crippen LogP) is 2.07. The van der Waals surface area contributed by atoms with Gasteiger partial charge in [-0.1, -0.05) is 13.8 Å². The van der Waals surface area contributed by atoms with Crippen LogP contribution < -0.4 is 5.32 Å². The van der Waals surface area contributed by atoms with Crippen LogP contribution in [0, 0.1) is 5.92 Å². The van der Waals surface area contributed by atoms with Gasteiger partial charge < -0.3 is 5.32 Å². The largest absolute Gasteiger partial charge is 0.311 e. The predicted molar refractivity (Wildman–Crippen MR) is 61.7 cm³/mol. The first-order valence-electron chi connectivity index (χ1n) is 4.95. The molecule has 3 nitrogen and oxygen atoms in total. The molecule has 0 aliphatic rings. The molecule has 0 saturated heterocycles. The Hall–Kier alpha value is -0.540.